The first kappa shape index (κ1) is 21.5. The van der Waals surface area contributed by atoms with Gasteiger partial charge in [0.15, 0.2) is 9.04 Å². The molecule has 7 nitrogen and oxygen atoms in total. The molecule has 2 unspecified atom stereocenters. The number of anilines is 1. The molecule has 0 saturated carbocycles. The summed E-state index contributed by atoms with van der Waals surface area (Å²) in [7, 11) is -1.33. The number of benzene rings is 1. The number of oxazole rings is 1. The van der Waals surface area contributed by atoms with Gasteiger partial charge in [0, 0.05) is 0 Å². The van der Waals surface area contributed by atoms with Crippen molar-refractivity contribution >= 4 is 20.8 Å². The fourth-order valence-corrected chi connectivity index (χ4v) is 4.28. The van der Waals surface area contributed by atoms with E-state index < -0.39 is 27.1 Å². The highest BCUT2D eigenvalue weighted by molar-refractivity contribution is 6.48. The molecule has 9 heteroatoms. The smallest absolute Gasteiger partial charge is 0.414 e. The number of carbonyl (C=O) groups excluding carboxylic acids is 1. The van der Waals surface area contributed by atoms with E-state index in [1.54, 1.807) is 6.07 Å². The Morgan fingerprint density at radius 1 is 1.41 bits per heavy atom. The number of hydrogen-bond acceptors (Lipinski definition) is 6. The first-order valence-electron chi connectivity index (χ1n) is 9.60. The van der Waals surface area contributed by atoms with Gasteiger partial charge in [-0.1, -0.05) is 20.8 Å². The lowest BCUT2D eigenvalue weighted by Gasteiger charge is -2.30. The van der Waals surface area contributed by atoms with E-state index in [4.69, 9.17) is 18.7 Å². The highest BCUT2D eigenvalue weighted by Crippen LogP contribution is 2.37. The minimum atomic E-state index is -1.33. The van der Waals surface area contributed by atoms with Crippen molar-refractivity contribution in [2.24, 2.45) is 5.41 Å². The van der Waals surface area contributed by atoms with E-state index in [-0.39, 0.29) is 36.1 Å². The van der Waals surface area contributed by atoms with E-state index in [9.17, 15) is 9.18 Å². The van der Waals surface area contributed by atoms with E-state index in [1.165, 1.54) is 23.3 Å². The Morgan fingerprint density at radius 3 is 2.69 bits per heavy atom. The lowest BCUT2D eigenvalue weighted by molar-refractivity contribution is 0.0826. The molecule has 0 bridgehead atoms. The fraction of sp³-hybridized carbons (Fsp3) is 0.500. The molecular weight excluding hydrogens is 395 g/mol. The highest BCUT2D eigenvalue weighted by Gasteiger charge is 2.33. The monoisotopic (exact) mass is 422 g/mol. The van der Waals surface area contributed by atoms with E-state index in [2.05, 4.69) is 38.8 Å². The van der Waals surface area contributed by atoms with Crippen LogP contribution in [0.1, 0.15) is 32.6 Å². The largest absolute Gasteiger partial charge is 0.444 e. The third-order valence-corrected chi connectivity index (χ3v) is 5.37. The molecule has 0 radical (unpaired) electrons. The maximum absolute atomic E-state index is 14.8. The second kappa shape index (κ2) is 8.25. The Balaban J connectivity index is 1.86. The van der Waals surface area contributed by atoms with Crippen LogP contribution in [0.15, 0.2) is 28.9 Å². The summed E-state index contributed by atoms with van der Waals surface area (Å²) in [6.07, 6.45) is 0.0405. The maximum Gasteiger partial charge on any atom is 0.414 e. The van der Waals surface area contributed by atoms with Gasteiger partial charge in [0.25, 0.3) is 0 Å². The maximum atomic E-state index is 14.8. The molecule has 0 spiro atoms. The third-order valence-electron chi connectivity index (χ3n) is 4.56. The number of carbonyl (C=O) groups is 1. The minimum absolute atomic E-state index is 0.157. The van der Waals surface area contributed by atoms with Gasteiger partial charge in [-0.25, -0.2) is 14.2 Å². The van der Waals surface area contributed by atoms with Crippen LogP contribution < -0.4 is 4.90 Å². The van der Waals surface area contributed by atoms with Crippen LogP contribution in [-0.2, 0) is 9.16 Å². The van der Waals surface area contributed by atoms with E-state index >= 15 is 0 Å². The van der Waals surface area contributed by atoms with Gasteiger partial charge in [-0.3, -0.25) is 4.90 Å². The molecule has 1 aliphatic heterocycles. The first-order chi connectivity index (χ1) is 13.6. The van der Waals surface area contributed by atoms with Crippen LogP contribution >= 0.6 is 0 Å². The second-order valence-electron chi connectivity index (χ2n) is 8.47. The Bertz CT molecular complexity index is 880. The van der Waals surface area contributed by atoms with Crippen LogP contribution in [0.4, 0.5) is 14.9 Å². The van der Waals surface area contributed by atoms with Crippen molar-refractivity contribution in [3.05, 3.63) is 36.0 Å². The molecule has 0 aliphatic carbocycles. The summed E-state index contributed by atoms with van der Waals surface area (Å²) in [5.41, 5.74) is 0.986. The molecule has 1 aromatic carbocycles. The number of rotatable bonds is 6. The molecule has 158 valence electrons. The number of hydrogen-bond donors (Lipinski definition) is 1. The van der Waals surface area contributed by atoms with Crippen LogP contribution in [0.5, 0.6) is 0 Å². The summed E-state index contributed by atoms with van der Waals surface area (Å²) in [6, 6.07) is 4.35. The van der Waals surface area contributed by atoms with Crippen molar-refractivity contribution in [2.45, 2.75) is 46.1 Å². The first-order valence-corrected chi connectivity index (χ1v) is 12.4. The number of halogens is 1. The number of aliphatic hydroxyl groups is 1. The van der Waals surface area contributed by atoms with Crippen molar-refractivity contribution in [3.8, 4) is 11.5 Å². The van der Waals surface area contributed by atoms with Crippen molar-refractivity contribution in [1.29, 1.82) is 0 Å². The number of amides is 1. The molecule has 1 amide bonds. The molecule has 1 fully saturated rings. The van der Waals surface area contributed by atoms with Crippen molar-refractivity contribution in [1.82, 2.24) is 4.98 Å². The quantitative estimate of drug-likeness (QED) is 0.711. The number of nitrogens with zero attached hydrogens (tertiary/aromatic N) is 2. The van der Waals surface area contributed by atoms with Gasteiger partial charge >= 0.3 is 6.09 Å². The summed E-state index contributed by atoms with van der Waals surface area (Å²) in [4.78, 5) is 17.7. The van der Waals surface area contributed by atoms with Crippen LogP contribution in [0.3, 0.4) is 0 Å². The predicted molar refractivity (Wildman–Crippen MR) is 109 cm³/mol. The zero-order chi connectivity index (χ0) is 21.3. The second-order valence-corrected chi connectivity index (χ2v) is 10.8. The van der Waals surface area contributed by atoms with E-state index in [1.807, 2.05) is 0 Å². The van der Waals surface area contributed by atoms with Crippen LogP contribution in [-0.4, -0.2) is 44.5 Å². The summed E-state index contributed by atoms with van der Waals surface area (Å²) >= 11 is 0. The summed E-state index contributed by atoms with van der Waals surface area (Å²) in [5, 5.41) is 9.15. The molecule has 1 saturated heterocycles. The molecule has 29 heavy (non-hydrogen) atoms. The van der Waals surface area contributed by atoms with Crippen LogP contribution in [0, 0.1) is 11.2 Å². The lowest BCUT2D eigenvalue weighted by Crippen LogP contribution is -2.26. The number of aromatic nitrogens is 1. The lowest BCUT2D eigenvalue weighted by atomic mass is 9.87. The van der Waals surface area contributed by atoms with Gasteiger partial charge in [0.2, 0.25) is 5.89 Å². The molecule has 2 aromatic rings. The average molecular weight is 423 g/mol. The standard InChI is InChI=1S/C20H27FN2O5Si/c1-20(2,3)17(28-29(4)5)16-11-26-18(22-16)14-7-6-12(8-15(14)21)23-9-13(10-24)27-19(23)25/h6-8,11,13,17,24,29H,9-10H2,1-5H3. The van der Waals surface area contributed by atoms with Crippen LogP contribution in [0.25, 0.3) is 11.5 Å². The van der Waals surface area contributed by atoms with Crippen molar-refractivity contribution in [2.75, 3.05) is 18.1 Å². The van der Waals surface area contributed by atoms with Crippen molar-refractivity contribution < 1.29 is 27.9 Å². The zero-order valence-corrected chi connectivity index (χ0v) is 18.5. The van der Waals surface area contributed by atoms with Gasteiger partial charge in [0.05, 0.1) is 30.5 Å². The molecule has 1 N–H and O–H groups in total. The molecule has 1 aliphatic rings. The summed E-state index contributed by atoms with van der Waals surface area (Å²) < 4.78 is 31.5. The fourth-order valence-electron chi connectivity index (χ4n) is 3.19. The van der Waals surface area contributed by atoms with E-state index in [0.717, 1.165) is 0 Å². The van der Waals surface area contributed by atoms with Gasteiger partial charge < -0.3 is 18.7 Å². The van der Waals surface area contributed by atoms with Crippen LogP contribution in [0.2, 0.25) is 13.1 Å². The molecule has 1 aromatic heterocycles. The Hall–Kier alpha value is -2.23. The Morgan fingerprint density at radius 2 is 2.14 bits per heavy atom. The summed E-state index contributed by atoms with van der Waals surface area (Å²) in [6.45, 7) is 10.2. The van der Waals surface area contributed by atoms with Gasteiger partial charge in [0.1, 0.15) is 23.9 Å². The minimum Gasteiger partial charge on any atom is -0.444 e. The normalized spacial score (nSPS) is 18.4. The average Bonchev–Trinajstić information content (AvgIpc) is 3.25. The van der Waals surface area contributed by atoms with Crippen molar-refractivity contribution in [3.63, 3.8) is 0 Å². The van der Waals surface area contributed by atoms with Gasteiger partial charge in [-0.2, -0.15) is 0 Å². The van der Waals surface area contributed by atoms with Gasteiger partial charge in [-0.05, 0) is 36.7 Å². The highest BCUT2D eigenvalue weighted by atomic mass is 28.3. The number of aliphatic hydroxyl groups excluding tert-OH is 1. The van der Waals surface area contributed by atoms with E-state index in [0.29, 0.717) is 11.4 Å². The molecule has 2 heterocycles. The number of ether oxygens (including phenoxy) is 1. The third kappa shape index (κ3) is 4.68. The molecular formula is C20H27FN2O5Si. The molecule has 2 atom stereocenters. The number of cyclic esters (lactones) is 1. The zero-order valence-electron chi connectivity index (χ0n) is 17.3. The predicted octanol–water partition coefficient (Wildman–Crippen LogP) is 3.89. The molecule has 3 rings (SSSR count). The SMILES string of the molecule is C[SiH](C)OC(c1coc(-c2ccc(N3CC(CO)OC3=O)cc2F)n1)C(C)(C)C. The topological polar surface area (TPSA) is 85.0 Å². The Kier molecular flexibility index (Phi) is 6.11. The van der Waals surface area contributed by atoms with Gasteiger partial charge in [-0.15, -0.1) is 0 Å². The Labute approximate surface area is 171 Å². The summed E-state index contributed by atoms with van der Waals surface area (Å²) in [5.74, 6) is -0.410.